The quantitative estimate of drug-likeness (QED) is 0.732. The highest BCUT2D eigenvalue weighted by Gasteiger charge is 2.29. The molecule has 1 aliphatic heterocycles. The number of carbonyl (C=O) groups is 1. The second-order valence-corrected chi connectivity index (χ2v) is 7.93. The van der Waals surface area contributed by atoms with E-state index in [2.05, 4.69) is 23.5 Å². The monoisotopic (exact) mass is 274 g/mol. The number of carbonyl (C=O) groups excluding carboxylic acids is 1. The first-order valence-electron chi connectivity index (χ1n) is 6.62. The summed E-state index contributed by atoms with van der Waals surface area (Å²) in [5.41, 5.74) is 0. The lowest BCUT2D eigenvalue weighted by molar-refractivity contribution is -0.143. The van der Waals surface area contributed by atoms with E-state index >= 15 is 0 Å². The lowest BCUT2D eigenvalue weighted by Crippen LogP contribution is -2.26. The van der Waals surface area contributed by atoms with E-state index in [1.165, 1.54) is 50.5 Å². The summed E-state index contributed by atoms with van der Waals surface area (Å²) in [7, 11) is 0. The molecule has 2 nitrogen and oxygen atoms in total. The van der Waals surface area contributed by atoms with Crippen LogP contribution in [0.2, 0.25) is 0 Å². The van der Waals surface area contributed by atoms with Gasteiger partial charge in [0, 0.05) is 18.4 Å². The zero-order valence-corrected chi connectivity index (χ0v) is 12.2. The molecule has 0 aromatic carbocycles. The lowest BCUT2D eigenvalue weighted by atomic mass is 9.78. The Balaban J connectivity index is 1.80. The van der Waals surface area contributed by atoms with Crippen molar-refractivity contribution in [1.82, 2.24) is 0 Å². The third-order valence-electron chi connectivity index (χ3n) is 3.75. The van der Waals surface area contributed by atoms with Crippen LogP contribution in [0.3, 0.4) is 0 Å². The van der Waals surface area contributed by atoms with Crippen molar-refractivity contribution in [3.8, 4) is 0 Å². The third-order valence-corrected chi connectivity index (χ3v) is 6.84. The molecule has 0 aromatic heterocycles. The van der Waals surface area contributed by atoms with Crippen molar-refractivity contribution in [2.24, 2.45) is 11.8 Å². The summed E-state index contributed by atoms with van der Waals surface area (Å²) in [6, 6.07) is 0. The second kappa shape index (κ2) is 6.93. The van der Waals surface area contributed by atoms with Gasteiger partial charge in [0.25, 0.3) is 0 Å². The molecule has 0 N–H and O–H groups in total. The van der Waals surface area contributed by atoms with Crippen molar-refractivity contribution in [2.75, 3.05) is 18.1 Å². The molecule has 0 amide bonds. The molecule has 1 saturated heterocycles. The van der Waals surface area contributed by atoms with Gasteiger partial charge in [-0.15, -0.1) is 23.5 Å². The Bertz CT molecular complexity index is 252. The van der Waals surface area contributed by atoms with Gasteiger partial charge in [0.05, 0.1) is 11.2 Å². The molecule has 98 valence electrons. The van der Waals surface area contributed by atoms with Crippen molar-refractivity contribution < 1.29 is 9.53 Å². The molecule has 2 fully saturated rings. The van der Waals surface area contributed by atoms with E-state index in [1.807, 2.05) is 0 Å². The highest BCUT2D eigenvalue weighted by molar-refractivity contribution is 8.20. The zero-order chi connectivity index (χ0) is 12.1. The molecule has 1 aliphatic carbocycles. The zero-order valence-electron chi connectivity index (χ0n) is 10.5. The summed E-state index contributed by atoms with van der Waals surface area (Å²) in [6.07, 6.45) is 6.58. The average Bonchev–Trinajstić information content (AvgIpc) is 2.80. The normalized spacial score (nSPS) is 30.4. The van der Waals surface area contributed by atoms with Crippen LogP contribution in [-0.2, 0) is 9.53 Å². The van der Waals surface area contributed by atoms with Gasteiger partial charge >= 0.3 is 5.97 Å². The fourth-order valence-electron chi connectivity index (χ4n) is 2.83. The van der Waals surface area contributed by atoms with Crippen LogP contribution in [0.15, 0.2) is 0 Å². The number of rotatable bonds is 4. The van der Waals surface area contributed by atoms with Crippen LogP contribution in [-0.4, -0.2) is 28.7 Å². The van der Waals surface area contributed by atoms with Gasteiger partial charge in [-0.25, -0.2) is 0 Å². The van der Waals surface area contributed by atoms with Gasteiger partial charge in [-0.1, -0.05) is 12.8 Å². The van der Waals surface area contributed by atoms with Crippen LogP contribution in [0, 0.1) is 11.8 Å². The molecule has 1 heterocycles. The minimum absolute atomic E-state index is 0.126. The topological polar surface area (TPSA) is 26.3 Å². The molecule has 0 unspecified atom stereocenters. The number of hydrogen-bond donors (Lipinski definition) is 0. The van der Waals surface area contributed by atoms with Crippen LogP contribution in [0.25, 0.3) is 0 Å². The van der Waals surface area contributed by atoms with E-state index in [4.69, 9.17) is 4.74 Å². The molecule has 0 radical (unpaired) electrons. The van der Waals surface area contributed by atoms with Crippen LogP contribution in [0.4, 0.5) is 0 Å². The maximum absolute atomic E-state index is 10.9. The van der Waals surface area contributed by atoms with Gasteiger partial charge < -0.3 is 4.74 Å². The van der Waals surface area contributed by atoms with Crippen molar-refractivity contribution in [3.05, 3.63) is 0 Å². The van der Waals surface area contributed by atoms with E-state index in [-0.39, 0.29) is 5.97 Å². The molecular formula is C13H22O2S2. The van der Waals surface area contributed by atoms with Crippen LogP contribution >= 0.6 is 23.5 Å². The summed E-state index contributed by atoms with van der Waals surface area (Å²) in [4.78, 5) is 10.9. The summed E-state index contributed by atoms with van der Waals surface area (Å²) in [5, 5.41) is 0. The SMILES string of the molecule is CC(=O)OC[C@H]1CCCC[C@H]1CC1SCCS1. The Labute approximate surface area is 113 Å². The fraction of sp³-hybridized carbons (Fsp3) is 0.923. The second-order valence-electron chi connectivity index (χ2n) is 5.01. The third kappa shape index (κ3) is 4.40. The van der Waals surface area contributed by atoms with Gasteiger partial charge in [0.15, 0.2) is 0 Å². The maximum Gasteiger partial charge on any atom is 0.302 e. The first kappa shape index (κ1) is 13.6. The predicted molar refractivity (Wildman–Crippen MR) is 75.4 cm³/mol. The Kier molecular flexibility index (Phi) is 5.54. The molecule has 0 spiro atoms. The number of ether oxygens (including phenoxy) is 1. The van der Waals surface area contributed by atoms with Gasteiger partial charge in [0.1, 0.15) is 0 Å². The van der Waals surface area contributed by atoms with Crippen molar-refractivity contribution in [1.29, 1.82) is 0 Å². The minimum Gasteiger partial charge on any atom is -0.466 e. The number of esters is 1. The maximum atomic E-state index is 10.9. The van der Waals surface area contributed by atoms with E-state index in [0.717, 1.165) is 10.5 Å². The summed E-state index contributed by atoms with van der Waals surface area (Å²) < 4.78 is 6.03. The lowest BCUT2D eigenvalue weighted by Gasteiger charge is -2.32. The first-order valence-corrected chi connectivity index (χ1v) is 8.72. The Hall–Kier alpha value is 0.170. The molecule has 2 atom stereocenters. The highest BCUT2D eigenvalue weighted by atomic mass is 32.2. The van der Waals surface area contributed by atoms with Gasteiger partial charge in [0.2, 0.25) is 0 Å². The van der Waals surface area contributed by atoms with E-state index in [9.17, 15) is 4.79 Å². The minimum atomic E-state index is -0.126. The summed E-state index contributed by atoms with van der Waals surface area (Å²) in [6.45, 7) is 2.17. The smallest absolute Gasteiger partial charge is 0.302 e. The van der Waals surface area contributed by atoms with Crippen LogP contribution < -0.4 is 0 Å². The molecule has 0 aromatic rings. The van der Waals surface area contributed by atoms with Gasteiger partial charge in [-0.3, -0.25) is 4.79 Å². The predicted octanol–water partition coefficient (Wildman–Crippen LogP) is 3.55. The van der Waals surface area contributed by atoms with Crippen molar-refractivity contribution in [3.63, 3.8) is 0 Å². The van der Waals surface area contributed by atoms with E-state index < -0.39 is 0 Å². The number of hydrogen-bond acceptors (Lipinski definition) is 4. The largest absolute Gasteiger partial charge is 0.466 e. The molecule has 1 saturated carbocycles. The van der Waals surface area contributed by atoms with E-state index in [1.54, 1.807) is 0 Å². The van der Waals surface area contributed by atoms with Crippen molar-refractivity contribution >= 4 is 29.5 Å². The Morgan fingerprint density at radius 2 is 1.82 bits per heavy atom. The van der Waals surface area contributed by atoms with Crippen LogP contribution in [0.5, 0.6) is 0 Å². The molecule has 17 heavy (non-hydrogen) atoms. The van der Waals surface area contributed by atoms with Gasteiger partial charge in [-0.2, -0.15) is 0 Å². The van der Waals surface area contributed by atoms with E-state index in [0.29, 0.717) is 12.5 Å². The summed E-state index contributed by atoms with van der Waals surface area (Å²) >= 11 is 4.24. The highest BCUT2D eigenvalue weighted by Crippen LogP contribution is 2.41. The Morgan fingerprint density at radius 1 is 1.18 bits per heavy atom. The van der Waals surface area contributed by atoms with Gasteiger partial charge in [-0.05, 0) is 31.1 Å². The molecule has 0 bridgehead atoms. The Morgan fingerprint density at radius 3 is 2.47 bits per heavy atom. The van der Waals surface area contributed by atoms with Crippen LogP contribution in [0.1, 0.15) is 39.0 Å². The molecule has 4 heteroatoms. The van der Waals surface area contributed by atoms with Crippen molar-refractivity contribution in [2.45, 2.75) is 43.6 Å². The molecule has 2 aliphatic rings. The first-order chi connectivity index (χ1) is 8.25. The average molecular weight is 274 g/mol. The standard InChI is InChI=1S/C13H22O2S2/c1-10(14)15-9-12-5-3-2-4-11(12)8-13-16-6-7-17-13/h11-13H,2-9H2,1H3/t11-,12+/m0/s1. The fourth-order valence-corrected chi connectivity index (χ4v) is 5.85. The number of thioether (sulfide) groups is 2. The molecule has 2 rings (SSSR count). The molecular weight excluding hydrogens is 252 g/mol. The summed E-state index contributed by atoms with van der Waals surface area (Å²) in [5.74, 6) is 3.91.